The number of nitro groups is 1. The first-order valence-corrected chi connectivity index (χ1v) is 7.26. The Kier molecular flexibility index (Phi) is 5.48. The van der Waals surface area contributed by atoms with E-state index in [0.717, 1.165) is 4.47 Å². The number of nitrogens with zero attached hydrogens (tertiary/aromatic N) is 1. The zero-order valence-corrected chi connectivity index (χ0v) is 13.1. The van der Waals surface area contributed by atoms with Gasteiger partial charge in [-0.1, -0.05) is 28.1 Å². The Hall–Kier alpha value is -2.41. The van der Waals surface area contributed by atoms with Crippen molar-refractivity contribution in [1.82, 2.24) is 0 Å². The number of nitrogens with one attached hydrogen (secondary N) is 1. The first-order valence-electron chi connectivity index (χ1n) is 6.47. The summed E-state index contributed by atoms with van der Waals surface area (Å²) in [5.74, 6) is 0.396. The van der Waals surface area contributed by atoms with Crippen LogP contribution in [0.5, 0.6) is 5.75 Å². The Balaban J connectivity index is 1.83. The van der Waals surface area contributed by atoms with E-state index in [9.17, 15) is 14.9 Å². The van der Waals surface area contributed by atoms with Crippen molar-refractivity contribution in [3.05, 3.63) is 63.1 Å². The number of carbonyl (C=O) groups is 1. The third-order valence-electron chi connectivity index (χ3n) is 2.73. The fourth-order valence-electron chi connectivity index (χ4n) is 1.74. The molecule has 0 bridgehead atoms. The lowest BCUT2D eigenvalue weighted by Crippen LogP contribution is -2.15. The minimum atomic E-state index is -0.508. The van der Waals surface area contributed by atoms with Crippen molar-refractivity contribution >= 4 is 33.2 Å². The van der Waals surface area contributed by atoms with Crippen molar-refractivity contribution < 1.29 is 14.5 Å². The predicted octanol–water partition coefficient (Wildman–Crippen LogP) is 3.76. The smallest absolute Gasteiger partial charge is 0.271 e. The molecular weight excluding hydrogens is 352 g/mol. The highest BCUT2D eigenvalue weighted by Gasteiger charge is 2.08. The number of amides is 1. The van der Waals surface area contributed by atoms with Crippen LogP contribution >= 0.6 is 15.9 Å². The zero-order chi connectivity index (χ0) is 15.9. The first-order chi connectivity index (χ1) is 10.5. The molecule has 2 rings (SSSR count). The summed E-state index contributed by atoms with van der Waals surface area (Å²) in [7, 11) is 0. The molecule has 6 nitrogen and oxygen atoms in total. The molecule has 0 heterocycles. The van der Waals surface area contributed by atoms with Crippen molar-refractivity contribution in [2.45, 2.75) is 6.42 Å². The van der Waals surface area contributed by atoms with Gasteiger partial charge >= 0.3 is 0 Å². The SMILES string of the molecule is O=C(CCOc1cccc(Br)c1)Nc1cccc([N+](=O)[O-])c1. The molecule has 0 radical (unpaired) electrons. The molecule has 0 saturated carbocycles. The summed E-state index contributed by atoms with van der Waals surface area (Å²) in [6.07, 6.45) is 0.148. The molecule has 7 heteroatoms. The largest absolute Gasteiger partial charge is 0.493 e. The van der Waals surface area contributed by atoms with E-state index in [-0.39, 0.29) is 24.6 Å². The molecule has 0 spiro atoms. The average molecular weight is 365 g/mol. The Morgan fingerprint density at radius 2 is 2.00 bits per heavy atom. The molecule has 1 amide bonds. The number of carbonyl (C=O) groups excluding carboxylic acids is 1. The third-order valence-corrected chi connectivity index (χ3v) is 3.23. The van der Waals surface area contributed by atoms with Crippen LogP contribution < -0.4 is 10.1 Å². The van der Waals surface area contributed by atoms with E-state index in [1.165, 1.54) is 18.2 Å². The molecule has 0 saturated heterocycles. The fraction of sp³-hybridized carbons (Fsp3) is 0.133. The lowest BCUT2D eigenvalue weighted by molar-refractivity contribution is -0.384. The molecule has 0 aliphatic carbocycles. The average Bonchev–Trinajstić information content (AvgIpc) is 2.47. The van der Waals surface area contributed by atoms with Gasteiger partial charge in [-0.15, -0.1) is 0 Å². The second-order valence-electron chi connectivity index (χ2n) is 4.41. The van der Waals surface area contributed by atoms with Gasteiger partial charge in [-0.25, -0.2) is 0 Å². The van der Waals surface area contributed by atoms with E-state index in [1.54, 1.807) is 18.2 Å². The Bertz CT molecular complexity index is 691. The standard InChI is InChI=1S/C15H13BrN2O4/c16-11-3-1-6-14(9-11)22-8-7-15(19)17-12-4-2-5-13(10-12)18(20)21/h1-6,9-10H,7-8H2,(H,17,19). The van der Waals surface area contributed by atoms with Crippen molar-refractivity contribution in [2.75, 3.05) is 11.9 Å². The Morgan fingerprint density at radius 3 is 2.73 bits per heavy atom. The van der Waals surface area contributed by atoms with Crippen molar-refractivity contribution in [3.8, 4) is 5.75 Å². The number of hydrogen-bond acceptors (Lipinski definition) is 4. The topological polar surface area (TPSA) is 81.5 Å². The lowest BCUT2D eigenvalue weighted by Gasteiger charge is -2.07. The highest BCUT2D eigenvalue weighted by Crippen LogP contribution is 2.19. The van der Waals surface area contributed by atoms with Crippen LogP contribution in [-0.2, 0) is 4.79 Å². The number of halogens is 1. The van der Waals surface area contributed by atoms with Gasteiger partial charge in [-0.2, -0.15) is 0 Å². The molecule has 0 atom stereocenters. The van der Waals surface area contributed by atoms with E-state index in [1.807, 2.05) is 12.1 Å². The Labute approximate surface area is 135 Å². The quantitative estimate of drug-likeness (QED) is 0.624. The van der Waals surface area contributed by atoms with Crippen LogP contribution in [0.3, 0.4) is 0 Å². The highest BCUT2D eigenvalue weighted by atomic mass is 79.9. The van der Waals surface area contributed by atoms with Crippen molar-refractivity contribution in [3.63, 3.8) is 0 Å². The van der Waals surface area contributed by atoms with Crippen LogP contribution in [0.25, 0.3) is 0 Å². The summed E-state index contributed by atoms with van der Waals surface area (Å²) in [4.78, 5) is 21.9. The van der Waals surface area contributed by atoms with Gasteiger partial charge in [0.05, 0.1) is 18.0 Å². The summed E-state index contributed by atoms with van der Waals surface area (Å²) in [6, 6.07) is 13.1. The molecular formula is C15H13BrN2O4. The third kappa shape index (κ3) is 4.85. The molecule has 22 heavy (non-hydrogen) atoms. The van der Waals surface area contributed by atoms with Gasteiger partial charge in [0.15, 0.2) is 0 Å². The normalized spacial score (nSPS) is 10.0. The van der Waals surface area contributed by atoms with E-state index in [0.29, 0.717) is 11.4 Å². The molecule has 2 aromatic carbocycles. The van der Waals surface area contributed by atoms with Gasteiger partial charge in [-0.3, -0.25) is 14.9 Å². The van der Waals surface area contributed by atoms with Crippen molar-refractivity contribution in [1.29, 1.82) is 0 Å². The number of hydrogen-bond donors (Lipinski definition) is 1. The predicted molar refractivity (Wildman–Crippen MR) is 86.0 cm³/mol. The van der Waals surface area contributed by atoms with Crippen LogP contribution in [0.15, 0.2) is 53.0 Å². The molecule has 0 fully saturated rings. The summed E-state index contributed by atoms with van der Waals surface area (Å²) in [5, 5.41) is 13.3. The van der Waals surface area contributed by atoms with Gasteiger partial charge in [-0.05, 0) is 24.3 Å². The van der Waals surface area contributed by atoms with Gasteiger partial charge in [0.1, 0.15) is 5.75 Å². The number of nitro benzene ring substituents is 1. The Morgan fingerprint density at radius 1 is 1.23 bits per heavy atom. The molecule has 0 aromatic heterocycles. The monoisotopic (exact) mass is 364 g/mol. The lowest BCUT2D eigenvalue weighted by atomic mass is 10.2. The number of non-ortho nitro benzene ring substituents is 1. The summed E-state index contributed by atoms with van der Waals surface area (Å²) < 4.78 is 6.35. The van der Waals surface area contributed by atoms with Gasteiger partial charge in [0.25, 0.3) is 5.69 Å². The molecule has 114 valence electrons. The number of ether oxygens (including phenoxy) is 1. The maximum Gasteiger partial charge on any atom is 0.271 e. The number of anilines is 1. The minimum absolute atomic E-state index is 0.0665. The number of rotatable bonds is 6. The molecule has 2 aromatic rings. The molecule has 0 aliphatic heterocycles. The van der Waals surface area contributed by atoms with Crippen LogP contribution in [0.1, 0.15) is 6.42 Å². The van der Waals surface area contributed by atoms with E-state index in [4.69, 9.17) is 4.74 Å². The molecule has 0 aliphatic rings. The number of benzene rings is 2. The second-order valence-corrected chi connectivity index (χ2v) is 5.33. The van der Waals surface area contributed by atoms with Gasteiger partial charge < -0.3 is 10.1 Å². The molecule has 0 unspecified atom stereocenters. The van der Waals surface area contributed by atoms with E-state index < -0.39 is 4.92 Å². The van der Waals surface area contributed by atoms with E-state index >= 15 is 0 Å². The second kappa shape index (κ2) is 7.56. The van der Waals surface area contributed by atoms with Crippen LogP contribution in [0, 0.1) is 10.1 Å². The summed E-state index contributed by atoms with van der Waals surface area (Å²) >= 11 is 3.33. The highest BCUT2D eigenvalue weighted by molar-refractivity contribution is 9.10. The van der Waals surface area contributed by atoms with Gasteiger partial charge in [0, 0.05) is 22.3 Å². The first kappa shape index (κ1) is 16.0. The molecule has 1 N–H and O–H groups in total. The maximum atomic E-state index is 11.8. The fourth-order valence-corrected chi connectivity index (χ4v) is 2.12. The van der Waals surface area contributed by atoms with E-state index in [2.05, 4.69) is 21.2 Å². The van der Waals surface area contributed by atoms with Crippen LogP contribution in [0.2, 0.25) is 0 Å². The minimum Gasteiger partial charge on any atom is -0.493 e. The summed E-state index contributed by atoms with van der Waals surface area (Å²) in [5.41, 5.74) is 0.324. The van der Waals surface area contributed by atoms with Crippen molar-refractivity contribution in [2.24, 2.45) is 0 Å². The van der Waals surface area contributed by atoms with Crippen LogP contribution in [-0.4, -0.2) is 17.4 Å². The summed E-state index contributed by atoms with van der Waals surface area (Å²) in [6.45, 7) is 0.219. The zero-order valence-electron chi connectivity index (χ0n) is 11.5. The van der Waals surface area contributed by atoms with Gasteiger partial charge in [0.2, 0.25) is 5.91 Å². The van der Waals surface area contributed by atoms with Crippen LogP contribution in [0.4, 0.5) is 11.4 Å². The maximum absolute atomic E-state index is 11.8.